The van der Waals surface area contributed by atoms with Gasteiger partial charge < -0.3 is 5.73 Å². The second-order valence-corrected chi connectivity index (χ2v) is 6.06. The Kier molecular flexibility index (Phi) is 4.46. The zero-order chi connectivity index (χ0) is 13.8. The molecule has 0 heterocycles. The van der Waals surface area contributed by atoms with Crippen molar-refractivity contribution in [3.63, 3.8) is 0 Å². The fraction of sp³-hybridized carbons (Fsp3) is 0.111. The topological polar surface area (TPSA) is 124 Å². The molecule has 1 aromatic rings. The van der Waals surface area contributed by atoms with Crippen LogP contribution in [-0.2, 0) is 24.4 Å². The monoisotopic (exact) mass is 293 g/mol. The third-order valence-corrected chi connectivity index (χ3v) is 3.78. The first-order chi connectivity index (χ1) is 8.22. The fourth-order valence-corrected chi connectivity index (χ4v) is 2.50. The molecule has 0 bridgehead atoms. The van der Waals surface area contributed by atoms with Gasteiger partial charge in [0, 0.05) is 5.41 Å². The van der Waals surface area contributed by atoms with Crippen LogP contribution in [0.2, 0.25) is 0 Å². The van der Waals surface area contributed by atoms with Crippen LogP contribution in [-0.4, -0.2) is 28.0 Å². The molecule has 9 heteroatoms. The predicted octanol–water partition coefficient (Wildman–Crippen LogP) is 0.376. The highest BCUT2D eigenvalue weighted by molar-refractivity contribution is 7.94. The van der Waals surface area contributed by atoms with E-state index in [1.807, 2.05) is 0 Å². The Balaban J connectivity index is 2.84. The molecular formula is C9H11NO6S2. The lowest BCUT2D eigenvalue weighted by molar-refractivity contribution is 0.296. The Hall–Kier alpha value is -1.42. The molecule has 3 N–H and O–H groups in total. The molecule has 0 saturated carbocycles. The van der Waals surface area contributed by atoms with Gasteiger partial charge in [-0.1, -0.05) is 12.1 Å². The van der Waals surface area contributed by atoms with Crippen molar-refractivity contribution in [3.05, 3.63) is 35.7 Å². The Morgan fingerprint density at radius 1 is 1.22 bits per heavy atom. The van der Waals surface area contributed by atoms with E-state index >= 15 is 0 Å². The van der Waals surface area contributed by atoms with E-state index in [0.717, 1.165) is 11.5 Å². The number of nitrogens with two attached hydrogens (primary N) is 1. The van der Waals surface area contributed by atoms with Crippen molar-refractivity contribution in [2.24, 2.45) is 0 Å². The summed E-state index contributed by atoms with van der Waals surface area (Å²) in [5, 5.41) is 0.754. The number of anilines is 1. The summed E-state index contributed by atoms with van der Waals surface area (Å²) in [7, 11) is -8.36. The largest absolute Gasteiger partial charge is 0.398 e. The number of para-hydroxylation sites is 1. The first-order valence-electron chi connectivity index (χ1n) is 4.60. The maximum absolute atomic E-state index is 11.7. The van der Waals surface area contributed by atoms with Crippen LogP contribution in [0.1, 0.15) is 0 Å². The summed E-state index contributed by atoms with van der Waals surface area (Å²) in [5.41, 5.74) is 5.58. The molecule has 0 amide bonds. The molecule has 1 rings (SSSR count). The fourth-order valence-electron chi connectivity index (χ4n) is 1.10. The summed E-state index contributed by atoms with van der Waals surface area (Å²) in [4.78, 5) is -0.0897. The summed E-state index contributed by atoms with van der Waals surface area (Å²) >= 11 is 0. The van der Waals surface area contributed by atoms with E-state index in [4.69, 9.17) is 10.3 Å². The van der Waals surface area contributed by atoms with Crippen LogP contribution in [0, 0.1) is 0 Å². The Labute approximate surface area is 105 Å². The van der Waals surface area contributed by atoms with Gasteiger partial charge in [0.15, 0.2) is 0 Å². The zero-order valence-corrected chi connectivity index (χ0v) is 10.7. The molecule has 100 valence electrons. The molecule has 0 spiro atoms. The lowest BCUT2D eigenvalue weighted by Crippen LogP contribution is -2.04. The molecule has 0 aliphatic rings. The van der Waals surface area contributed by atoms with Crippen LogP contribution in [0.4, 0.5) is 5.69 Å². The smallest absolute Gasteiger partial charge is 0.397 e. The quantitative estimate of drug-likeness (QED) is 0.593. The second-order valence-electron chi connectivity index (χ2n) is 3.17. The van der Waals surface area contributed by atoms with E-state index in [0.29, 0.717) is 0 Å². The highest BCUT2D eigenvalue weighted by atomic mass is 32.3. The van der Waals surface area contributed by atoms with Gasteiger partial charge in [0.05, 0.1) is 17.2 Å². The number of hydrogen-bond acceptors (Lipinski definition) is 6. The van der Waals surface area contributed by atoms with E-state index in [1.54, 1.807) is 6.07 Å². The van der Waals surface area contributed by atoms with Gasteiger partial charge in [0.2, 0.25) is 9.84 Å². The van der Waals surface area contributed by atoms with Gasteiger partial charge in [-0.3, -0.25) is 4.55 Å². The van der Waals surface area contributed by atoms with E-state index < -0.39 is 26.8 Å². The van der Waals surface area contributed by atoms with Crippen LogP contribution in [0.25, 0.3) is 0 Å². The molecule has 0 aliphatic heterocycles. The molecular weight excluding hydrogens is 282 g/mol. The highest BCUT2D eigenvalue weighted by Crippen LogP contribution is 2.19. The molecule has 0 atom stereocenters. The van der Waals surface area contributed by atoms with Crippen molar-refractivity contribution < 1.29 is 25.6 Å². The first-order valence-corrected chi connectivity index (χ1v) is 7.51. The molecule has 0 aliphatic carbocycles. The van der Waals surface area contributed by atoms with E-state index in [1.165, 1.54) is 18.2 Å². The number of sulfone groups is 1. The SMILES string of the molecule is Nc1ccccc1S(=O)(=O)C=CCOS(=O)(=O)O. The normalized spacial score (nSPS) is 12.9. The van der Waals surface area contributed by atoms with Gasteiger partial charge in [0.25, 0.3) is 0 Å². The van der Waals surface area contributed by atoms with Gasteiger partial charge in [-0.05, 0) is 18.2 Å². The molecule has 0 aromatic heterocycles. The van der Waals surface area contributed by atoms with Crippen LogP contribution in [0.3, 0.4) is 0 Å². The zero-order valence-electron chi connectivity index (χ0n) is 9.05. The molecule has 1 aromatic carbocycles. The van der Waals surface area contributed by atoms with Crippen LogP contribution >= 0.6 is 0 Å². The van der Waals surface area contributed by atoms with Crippen LogP contribution in [0.15, 0.2) is 40.6 Å². The molecule has 0 unspecified atom stereocenters. The van der Waals surface area contributed by atoms with E-state index in [2.05, 4.69) is 4.18 Å². The molecule has 18 heavy (non-hydrogen) atoms. The Morgan fingerprint density at radius 2 is 1.83 bits per heavy atom. The average Bonchev–Trinajstić information content (AvgIpc) is 2.24. The van der Waals surface area contributed by atoms with Gasteiger partial charge >= 0.3 is 10.4 Å². The van der Waals surface area contributed by atoms with Crippen molar-refractivity contribution >= 4 is 25.9 Å². The minimum atomic E-state index is -4.59. The molecule has 7 nitrogen and oxygen atoms in total. The Morgan fingerprint density at radius 3 is 2.39 bits per heavy atom. The molecule has 0 radical (unpaired) electrons. The maximum Gasteiger partial charge on any atom is 0.397 e. The summed E-state index contributed by atoms with van der Waals surface area (Å²) in [5.74, 6) is 0. The summed E-state index contributed by atoms with van der Waals surface area (Å²) in [6.45, 7) is -0.592. The third-order valence-electron chi connectivity index (χ3n) is 1.81. The van der Waals surface area contributed by atoms with Crippen molar-refractivity contribution in [2.75, 3.05) is 12.3 Å². The lowest BCUT2D eigenvalue weighted by atomic mass is 10.3. The van der Waals surface area contributed by atoms with Gasteiger partial charge in [0.1, 0.15) is 0 Å². The third kappa shape index (κ3) is 4.45. The average molecular weight is 293 g/mol. The molecule has 0 fully saturated rings. The van der Waals surface area contributed by atoms with Gasteiger partial charge in [-0.2, -0.15) is 8.42 Å². The predicted molar refractivity (Wildman–Crippen MR) is 64.7 cm³/mol. The Bertz CT molecular complexity index is 647. The summed E-state index contributed by atoms with van der Waals surface area (Å²) in [6.07, 6.45) is 0.940. The van der Waals surface area contributed by atoms with Crippen molar-refractivity contribution in [2.45, 2.75) is 4.90 Å². The van der Waals surface area contributed by atoms with E-state index in [9.17, 15) is 16.8 Å². The van der Waals surface area contributed by atoms with Gasteiger partial charge in [-0.15, -0.1) is 0 Å². The van der Waals surface area contributed by atoms with Crippen LogP contribution in [0.5, 0.6) is 0 Å². The summed E-state index contributed by atoms with van der Waals surface area (Å²) in [6, 6.07) is 5.83. The van der Waals surface area contributed by atoms with Gasteiger partial charge in [-0.25, -0.2) is 12.6 Å². The molecule has 0 saturated heterocycles. The minimum Gasteiger partial charge on any atom is -0.398 e. The van der Waals surface area contributed by atoms with Crippen LogP contribution < -0.4 is 5.73 Å². The van der Waals surface area contributed by atoms with Crippen molar-refractivity contribution in [3.8, 4) is 0 Å². The number of hydrogen-bond donors (Lipinski definition) is 2. The van der Waals surface area contributed by atoms with Crippen molar-refractivity contribution in [1.82, 2.24) is 0 Å². The second kappa shape index (κ2) is 5.48. The standard InChI is InChI=1S/C9H11NO6S2/c10-8-4-1-2-5-9(8)17(11,12)7-3-6-16-18(13,14)15/h1-5,7H,6,10H2,(H,13,14,15). The number of benzene rings is 1. The number of rotatable bonds is 5. The summed E-state index contributed by atoms with van der Waals surface area (Å²) < 4.78 is 56.1. The van der Waals surface area contributed by atoms with E-state index in [-0.39, 0.29) is 10.6 Å². The number of nitrogen functional groups attached to an aromatic ring is 1. The lowest BCUT2D eigenvalue weighted by Gasteiger charge is -2.02. The highest BCUT2D eigenvalue weighted by Gasteiger charge is 2.13. The maximum atomic E-state index is 11.7. The minimum absolute atomic E-state index is 0.0813. The van der Waals surface area contributed by atoms with Crippen molar-refractivity contribution in [1.29, 1.82) is 0 Å². The first kappa shape index (κ1) is 14.6.